The van der Waals surface area contributed by atoms with Gasteiger partial charge in [0.2, 0.25) is 11.8 Å². The van der Waals surface area contributed by atoms with Gasteiger partial charge in [-0.25, -0.2) is 0 Å². The van der Waals surface area contributed by atoms with E-state index in [9.17, 15) is 9.59 Å². The van der Waals surface area contributed by atoms with Crippen LogP contribution in [0.3, 0.4) is 0 Å². The summed E-state index contributed by atoms with van der Waals surface area (Å²) >= 11 is 1.30. The average molecular weight is 459 g/mol. The molecule has 0 spiro atoms. The van der Waals surface area contributed by atoms with Crippen molar-refractivity contribution in [3.05, 3.63) is 78.6 Å². The number of benzene rings is 2. The van der Waals surface area contributed by atoms with Crippen molar-refractivity contribution < 1.29 is 9.59 Å². The van der Waals surface area contributed by atoms with Gasteiger partial charge in [-0.3, -0.25) is 19.1 Å². The van der Waals surface area contributed by atoms with Crippen LogP contribution in [0.15, 0.2) is 78.2 Å². The summed E-state index contributed by atoms with van der Waals surface area (Å²) in [5, 5.41) is 14.9. The van der Waals surface area contributed by atoms with E-state index in [2.05, 4.69) is 25.8 Å². The summed E-state index contributed by atoms with van der Waals surface area (Å²) in [6, 6.07) is 18.7. The molecule has 33 heavy (non-hydrogen) atoms. The first-order chi connectivity index (χ1) is 16.0. The molecule has 0 bridgehead atoms. The van der Waals surface area contributed by atoms with Crippen molar-refractivity contribution in [2.75, 3.05) is 16.4 Å². The first-order valence-corrected chi connectivity index (χ1v) is 11.2. The number of carbonyl (C=O) groups is 2. The average Bonchev–Trinajstić information content (AvgIpc) is 3.23. The number of amides is 2. The summed E-state index contributed by atoms with van der Waals surface area (Å²) in [6.07, 6.45) is 3.45. The minimum atomic E-state index is -0.172. The van der Waals surface area contributed by atoms with Crippen molar-refractivity contribution >= 4 is 35.0 Å². The number of hydrogen-bond acceptors (Lipinski definition) is 6. The maximum atomic E-state index is 12.6. The van der Waals surface area contributed by atoms with E-state index in [0.29, 0.717) is 22.4 Å². The van der Waals surface area contributed by atoms with Crippen LogP contribution in [0.25, 0.3) is 17.1 Å². The van der Waals surface area contributed by atoms with Gasteiger partial charge in [-0.2, -0.15) is 0 Å². The number of hydrogen-bond donors (Lipinski definition) is 2. The third-order valence-electron chi connectivity index (χ3n) is 4.73. The molecule has 9 heteroatoms. The quantitative estimate of drug-likeness (QED) is 0.400. The van der Waals surface area contributed by atoms with E-state index in [1.54, 1.807) is 36.7 Å². The number of rotatable bonds is 7. The summed E-state index contributed by atoms with van der Waals surface area (Å²) in [5.74, 6) is 0.500. The fourth-order valence-electron chi connectivity index (χ4n) is 3.24. The molecule has 0 atom stereocenters. The molecule has 4 aromatic rings. The van der Waals surface area contributed by atoms with E-state index in [1.807, 2.05) is 47.9 Å². The molecular weight excluding hydrogens is 436 g/mol. The van der Waals surface area contributed by atoms with Crippen molar-refractivity contribution in [3.63, 3.8) is 0 Å². The van der Waals surface area contributed by atoms with Gasteiger partial charge in [0.05, 0.1) is 11.4 Å². The van der Waals surface area contributed by atoms with Crippen molar-refractivity contribution in [2.45, 2.75) is 19.0 Å². The van der Waals surface area contributed by atoms with Gasteiger partial charge < -0.3 is 10.6 Å². The topological polar surface area (TPSA) is 102 Å². The van der Waals surface area contributed by atoms with Crippen LogP contribution in [0.1, 0.15) is 12.5 Å². The van der Waals surface area contributed by atoms with Gasteiger partial charge in [-0.1, -0.05) is 30.0 Å². The number of carbonyl (C=O) groups excluding carboxylic acids is 2. The molecule has 4 rings (SSSR count). The lowest BCUT2D eigenvalue weighted by molar-refractivity contribution is -0.114. The van der Waals surface area contributed by atoms with Gasteiger partial charge in [0.1, 0.15) is 0 Å². The summed E-state index contributed by atoms with van der Waals surface area (Å²) in [5.41, 5.74) is 4.16. The van der Waals surface area contributed by atoms with Crippen LogP contribution in [-0.4, -0.2) is 37.3 Å². The predicted molar refractivity (Wildman–Crippen MR) is 129 cm³/mol. The number of nitrogens with one attached hydrogen (secondary N) is 2. The monoisotopic (exact) mass is 458 g/mol. The van der Waals surface area contributed by atoms with Gasteiger partial charge in [-0.15, -0.1) is 10.2 Å². The SMILES string of the molecule is CC(=O)Nc1ccc(NC(=O)CSc2nnc(-c3cccnc3)n2-c2ccccc2C)cc1. The van der Waals surface area contributed by atoms with E-state index in [0.717, 1.165) is 16.8 Å². The lowest BCUT2D eigenvalue weighted by Crippen LogP contribution is -2.15. The highest BCUT2D eigenvalue weighted by Gasteiger charge is 2.18. The van der Waals surface area contributed by atoms with E-state index in [1.165, 1.54) is 18.7 Å². The second-order valence-corrected chi connectivity index (χ2v) is 8.21. The van der Waals surface area contributed by atoms with Gasteiger partial charge in [0.15, 0.2) is 11.0 Å². The van der Waals surface area contributed by atoms with E-state index < -0.39 is 0 Å². The third kappa shape index (κ3) is 5.45. The smallest absolute Gasteiger partial charge is 0.234 e. The number of para-hydroxylation sites is 1. The van der Waals surface area contributed by atoms with E-state index in [-0.39, 0.29) is 17.6 Å². The summed E-state index contributed by atoms with van der Waals surface area (Å²) in [6.45, 7) is 3.47. The molecule has 166 valence electrons. The van der Waals surface area contributed by atoms with Crippen molar-refractivity contribution in [2.24, 2.45) is 0 Å². The molecule has 2 aromatic carbocycles. The molecule has 0 aliphatic carbocycles. The Morgan fingerprint density at radius 2 is 1.67 bits per heavy atom. The highest BCUT2D eigenvalue weighted by Crippen LogP contribution is 2.29. The van der Waals surface area contributed by atoms with Crippen molar-refractivity contribution in [3.8, 4) is 17.1 Å². The highest BCUT2D eigenvalue weighted by molar-refractivity contribution is 7.99. The second-order valence-electron chi connectivity index (χ2n) is 7.27. The number of thioether (sulfide) groups is 1. The molecule has 2 heterocycles. The summed E-state index contributed by atoms with van der Waals surface area (Å²) in [7, 11) is 0. The van der Waals surface area contributed by atoms with E-state index in [4.69, 9.17) is 0 Å². The van der Waals surface area contributed by atoms with E-state index >= 15 is 0 Å². The molecule has 0 saturated carbocycles. The first kappa shape index (κ1) is 22.2. The molecule has 2 aromatic heterocycles. The Hall–Kier alpha value is -3.98. The Morgan fingerprint density at radius 3 is 2.33 bits per heavy atom. The largest absolute Gasteiger partial charge is 0.326 e. The molecule has 0 unspecified atom stereocenters. The molecule has 2 amide bonds. The molecule has 8 nitrogen and oxygen atoms in total. The van der Waals surface area contributed by atoms with Gasteiger partial charge in [0, 0.05) is 36.3 Å². The van der Waals surface area contributed by atoms with Crippen LogP contribution in [0.4, 0.5) is 11.4 Å². The van der Waals surface area contributed by atoms with Crippen molar-refractivity contribution in [1.29, 1.82) is 0 Å². The number of nitrogens with zero attached hydrogens (tertiary/aromatic N) is 4. The Kier molecular flexibility index (Phi) is 6.80. The molecule has 2 N–H and O–H groups in total. The minimum Gasteiger partial charge on any atom is -0.326 e. The fraction of sp³-hybridized carbons (Fsp3) is 0.125. The predicted octanol–water partition coefficient (Wildman–Crippen LogP) is 4.33. The fourth-order valence-corrected chi connectivity index (χ4v) is 3.99. The highest BCUT2D eigenvalue weighted by atomic mass is 32.2. The first-order valence-electron chi connectivity index (χ1n) is 10.2. The maximum Gasteiger partial charge on any atom is 0.234 e. The number of aromatic nitrogens is 4. The normalized spacial score (nSPS) is 10.6. The molecule has 0 aliphatic heterocycles. The van der Waals surface area contributed by atoms with Crippen LogP contribution in [0, 0.1) is 6.92 Å². The van der Waals surface area contributed by atoms with Crippen LogP contribution < -0.4 is 10.6 Å². The van der Waals surface area contributed by atoms with Crippen LogP contribution >= 0.6 is 11.8 Å². The van der Waals surface area contributed by atoms with Crippen LogP contribution in [0.5, 0.6) is 0 Å². The third-order valence-corrected chi connectivity index (χ3v) is 5.66. The Bertz CT molecular complexity index is 1270. The Labute approximate surface area is 195 Å². The van der Waals surface area contributed by atoms with Gasteiger partial charge in [0.25, 0.3) is 0 Å². The lowest BCUT2D eigenvalue weighted by Gasteiger charge is -2.13. The number of aryl methyl sites for hydroxylation is 1. The molecular formula is C24H22N6O2S. The minimum absolute atomic E-state index is 0.147. The van der Waals surface area contributed by atoms with Gasteiger partial charge in [-0.05, 0) is 55.0 Å². The summed E-state index contributed by atoms with van der Waals surface area (Å²) < 4.78 is 1.95. The van der Waals surface area contributed by atoms with Crippen molar-refractivity contribution in [1.82, 2.24) is 19.7 Å². The number of anilines is 2. The molecule has 0 saturated heterocycles. The maximum absolute atomic E-state index is 12.6. The van der Waals surface area contributed by atoms with Crippen LogP contribution in [-0.2, 0) is 9.59 Å². The molecule has 0 fully saturated rings. The van der Waals surface area contributed by atoms with Gasteiger partial charge >= 0.3 is 0 Å². The molecule has 0 aliphatic rings. The Morgan fingerprint density at radius 1 is 0.939 bits per heavy atom. The zero-order chi connectivity index (χ0) is 23.2. The Balaban J connectivity index is 1.52. The standard InChI is InChI=1S/C24H22N6O2S/c1-16-6-3-4-8-21(16)30-23(18-7-5-13-25-14-18)28-29-24(30)33-15-22(32)27-20-11-9-19(10-12-20)26-17(2)31/h3-14H,15H2,1-2H3,(H,26,31)(H,27,32). The van der Waals surface area contributed by atoms with Crippen LogP contribution in [0.2, 0.25) is 0 Å². The summed E-state index contributed by atoms with van der Waals surface area (Å²) in [4.78, 5) is 27.9. The number of pyridine rings is 1. The lowest BCUT2D eigenvalue weighted by atomic mass is 10.2. The molecule has 0 radical (unpaired) electrons. The zero-order valence-corrected chi connectivity index (χ0v) is 19.0. The second kappa shape index (κ2) is 10.1. The zero-order valence-electron chi connectivity index (χ0n) is 18.1.